The number of nitrogens with one attached hydrogen (secondary N) is 1. The highest BCUT2D eigenvalue weighted by Gasteiger charge is 2.57. The first kappa shape index (κ1) is 23.9. The molecule has 5 rings (SSSR count). The molecule has 10 heteroatoms. The summed E-state index contributed by atoms with van der Waals surface area (Å²) in [6.45, 7) is 0.235. The van der Waals surface area contributed by atoms with Gasteiger partial charge in [-0.05, 0) is 57.5 Å². The second-order valence-corrected chi connectivity index (χ2v) is 10.7. The Kier molecular flexibility index (Phi) is 6.61. The minimum atomic E-state index is -0.851. The minimum absolute atomic E-state index is 0.0504. The number of pyridine rings is 1. The maximum atomic E-state index is 13.5. The van der Waals surface area contributed by atoms with Crippen LogP contribution in [0.4, 0.5) is 5.13 Å². The molecule has 2 aromatic heterocycles. The van der Waals surface area contributed by atoms with Gasteiger partial charge in [-0.25, -0.2) is 4.98 Å². The van der Waals surface area contributed by atoms with E-state index in [2.05, 4.69) is 16.4 Å². The van der Waals surface area contributed by atoms with Crippen LogP contribution in [0.3, 0.4) is 0 Å². The summed E-state index contributed by atoms with van der Waals surface area (Å²) in [6, 6.07) is 2.51. The van der Waals surface area contributed by atoms with E-state index in [0.717, 1.165) is 42.5 Å². The largest absolute Gasteiger partial charge is 0.396 e. The van der Waals surface area contributed by atoms with Crippen LogP contribution in [0.25, 0.3) is 5.57 Å². The van der Waals surface area contributed by atoms with E-state index in [1.165, 1.54) is 11.3 Å². The molecule has 0 aromatic carbocycles. The van der Waals surface area contributed by atoms with Crippen molar-refractivity contribution in [2.75, 3.05) is 32.6 Å². The van der Waals surface area contributed by atoms with Crippen molar-refractivity contribution in [2.45, 2.75) is 44.3 Å². The molecule has 0 radical (unpaired) electrons. The van der Waals surface area contributed by atoms with Crippen molar-refractivity contribution in [3.8, 4) is 0 Å². The van der Waals surface area contributed by atoms with Crippen molar-refractivity contribution >= 4 is 33.9 Å². The first-order valence-electron chi connectivity index (χ1n) is 12.1. The molecule has 1 fully saturated rings. The first-order valence-corrected chi connectivity index (χ1v) is 13.0. The zero-order valence-electron chi connectivity index (χ0n) is 20.0. The number of fused-ring (bicyclic) bond motifs is 3. The van der Waals surface area contributed by atoms with E-state index in [1.807, 2.05) is 12.1 Å². The quantitative estimate of drug-likeness (QED) is 0.632. The molecule has 4 heterocycles. The molecule has 0 unspecified atom stereocenters. The van der Waals surface area contributed by atoms with E-state index < -0.39 is 18.0 Å². The molecule has 3 aliphatic rings. The van der Waals surface area contributed by atoms with Crippen LogP contribution in [0, 0.1) is 11.8 Å². The summed E-state index contributed by atoms with van der Waals surface area (Å²) in [5.41, 5.74) is 2.49. The van der Waals surface area contributed by atoms with E-state index in [0.29, 0.717) is 11.7 Å². The second-order valence-electron chi connectivity index (χ2n) is 9.83. The molecule has 0 saturated carbocycles. The van der Waals surface area contributed by atoms with E-state index in [4.69, 9.17) is 0 Å². The van der Waals surface area contributed by atoms with Gasteiger partial charge in [0.25, 0.3) is 5.56 Å². The summed E-state index contributed by atoms with van der Waals surface area (Å²) in [7, 11) is 3.60. The fourth-order valence-corrected chi connectivity index (χ4v) is 6.44. The Morgan fingerprint density at radius 3 is 2.77 bits per heavy atom. The maximum Gasteiger partial charge on any atom is 0.258 e. The number of rotatable bonds is 6. The number of carbonyl (C=O) groups is 2. The maximum absolute atomic E-state index is 13.5. The monoisotopic (exact) mass is 497 g/mol. The molecular weight excluding hydrogens is 466 g/mol. The molecule has 186 valence electrons. The fourth-order valence-electron chi connectivity index (χ4n) is 5.91. The Morgan fingerprint density at radius 1 is 1.29 bits per heavy atom. The molecule has 0 bridgehead atoms. The van der Waals surface area contributed by atoms with Crippen LogP contribution >= 0.6 is 11.3 Å². The van der Waals surface area contributed by atoms with Crippen molar-refractivity contribution < 1.29 is 14.7 Å². The SMILES string of the molecule is CN(C)CC(=O)N1[C@H](C(=O)Nc2nccs2)[C@@H](CO)[C@@H]2Cn3c(ccc(C4=CCCCC4)c3=O)[C@@H]21. The van der Waals surface area contributed by atoms with E-state index >= 15 is 0 Å². The van der Waals surface area contributed by atoms with Gasteiger partial charge in [-0.2, -0.15) is 0 Å². The number of hydrogen-bond donors (Lipinski definition) is 2. The Labute approximate surface area is 208 Å². The summed E-state index contributed by atoms with van der Waals surface area (Å²) < 4.78 is 1.76. The number of hydrogen-bond acceptors (Lipinski definition) is 7. The van der Waals surface area contributed by atoms with Gasteiger partial charge >= 0.3 is 0 Å². The molecule has 4 atom stereocenters. The van der Waals surface area contributed by atoms with Gasteiger partial charge in [0.1, 0.15) is 6.04 Å². The Morgan fingerprint density at radius 2 is 2.11 bits per heavy atom. The molecule has 2 aromatic rings. The predicted molar refractivity (Wildman–Crippen MR) is 134 cm³/mol. The zero-order chi connectivity index (χ0) is 24.7. The van der Waals surface area contributed by atoms with Gasteiger partial charge in [0.2, 0.25) is 11.8 Å². The number of aliphatic hydroxyl groups excluding tert-OH is 1. The third-order valence-corrected chi connectivity index (χ3v) is 8.07. The number of carbonyl (C=O) groups excluding carboxylic acids is 2. The fraction of sp³-hybridized carbons (Fsp3) is 0.520. The summed E-state index contributed by atoms with van der Waals surface area (Å²) in [5, 5.41) is 15.4. The van der Waals surface area contributed by atoms with Gasteiger partial charge in [-0.3, -0.25) is 14.4 Å². The smallest absolute Gasteiger partial charge is 0.258 e. The summed E-state index contributed by atoms with van der Waals surface area (Å²) in [6.07, 6.45) is 7.86. The Balaban J connectivity index is 1.55. The lowest BCUT2D eigenvalue weighted by Gasteiger charge is -2.31. The number of anilines is 1. The van der Waals surface area contributed by atoms with E-state index in [-0.39, 0.29) is 36.4 Å². The zero-order valence-corrected chi connectivity index (χ0v) is 20.8. The van der Waals surface area contributed by atoms with Crippen molar-refractivity contribution in [3.63, 3.8) is 0 Å². The summed E-state index contributed by atoms with van der Waals surface area (Å²) in [4.78, 5) is 47.9. The van der Waals surface area contributed by atoms with Crippen LogP contribution < -0.4 is 10.9 Å². The Hall–Kier alpha value is -2.82. The second kappa shape index (κ2) is 9.67. The normalized spacial score (nSPS) is 25.4. The van der Waals surface area contributed by atoms with Gasteiger partial charge in [0, 0.05) is 47.8 Å². The van der Waals surface area contributed by atoms with Gasteiger partial charge in [0.05, 0.1) is 12.6 Å². The van der Waals surface area contributed by atoms with Crippen LogP contribution in [0.1, 0.15) is 43.0 Å². The number of likely N-dealkylation sites (tertiary alicyclic amines) is 1. The topological polar surface area (TPSA) is 108 Å². The number of allylic oxidation sites excluding steroid dienone is 2. The van der Waals surface area contributed by atoms with Crippen molar-refractivity contribution in [2.24, 2.45) is 11.8 Å². The lowest BCUT2D eigenvalue weighted by atomic mass is 9.88. The van der Waals surface area contributed by atoms with Gasteiger partial charge in [-0.1, -0.05) is 6.08 Å². The highest BCUT2D eigenvalue weighted by Crippen LogP contribution is 2.49. The average molecular weight is 498 g/mol. The molecule has 0 spiro atoms. The van der Waals surface area contributed by atoms with E-state index in [1.54, 1.807) is 40.0 Å². The molecule has 1 aliphatic carbocycles. The van der Waals surface area contributed by atoms with Gasteiger partial charge < -0.3 is 24.8 Å². The standard InChI is InChI=1S/C25H31N5O4S/c1-28(2)13-20(32)30-21-17(18(14-31)22(30)23(33)27-25-26-10-11-35-25)12-29-19(21)9-8-16(24(29)34)15-6-4-3-5-7-15/h6,8-11,17-18,21-22,31H,3-5,7,12-14H2,1-2H3,(H,26,27,33)/t17-,18-,21+,22-/m0/s1. The summed E-state index contributed by atoms with van der Waals surface area (Å²) in [5.74, 6) is -1.30. The Bertz CT molecular complexity index is 1200. The minimum Gasteiger partial charge on any atom is -0.396 e. The molecule has 35 heavy (non-hydrogen) atoms. The molecule has 1 saturated heterocycles. The molecule has 2 N–H and O–H groups in total. The van der Waals surface area contributed by atoms with Crippen LogP contribution in [0.2, 0.25) is 0 Å². The van der Waals surface area contributed by atoms with Gasteiger partial charge in [0.15, 0.2) is 5.13 Å². The predicted octanol–water partition coefficient (Wildman–Crippen LogP) is 1.95. The average Bonchev–Trinajstić information content (AvgIpc) is 3.54. The highest BCUT2D eigenvalue weighted by atomic mass is 32.1. The van der Waals surface area contributed by atoms with Gasteiger partial charge in [-0.15, -0.1) is 11.3 Å². The van der Waals surface area contributed by atoms with Crippen LogP contribution in [0.15, 0.2) is 34.6 Å². The lowest BCUT2D eigenvalue weighted by molar-refractivity contribution is -0.140. The molecule has 9 nitrogen and oxygen atoms in total. The third kappa shape index (κ3) is 4.23. The number of amides is 2. The third-order valence-electron chi connectivity index (χ3n) is 7.38. The lowest BCUT2D eigenvalue weighted by Crippen LogP contribution is -2.50. The number of aromatic nitrogens is 2. The number of aliphatic hydroxyl groups is 1. The highest BCUT2D eigenvalue weighted by molar-refractivity contribution is 7.13. The summed E-state index contributed by atoms with van der Waals surface area (Å²) >= 11 is 1.30. The molecule has 2 amide bonds. The van der Waals surface area contributed by atoms with Crippen LogP contribution in [-0.4, -0.2) is 69.6 Å². The molecule has 2 aliphatic heterocycles. The van der Waals surface area contributed by atoms with Crippen molar-refractivity contribution in [1.82, 2.24) is 19.4 Å². The first-order chi connectivity index (χ1) is 16.9. The van der Waals surface area contributed by atoms with Crippen LogP contribution in [-0.2, 0) is 16.1 Å². The number of thiazole rings is 1. The van der Waals surface area contributed by atoms with Crippen LogP contribution in [0.5, 0.6) is 0 Å². The van der Waals surface area contributed by atoms with Crippen molar-refractivity contribution in [3.05, 3.63) is 51.4 Å². The number of likely N-dealkylation sites (N-methyl/N-ethyl adjacent to an activating group) is 1. The van der Waals surface area contributed by atoms with E-state index in [9.17, 15) is 19.5 Å². The molecular formula is C25H31N5O4S. The van der Waals surface area contributed by atoms with Crippen molar-refractivity contribution in [1.29, 1.82) is 0 Å². The number of nitrogens with zero attached hydrogens (tertiary/aromatic N) is 4.